The van der Waals surface area contributed by atoms with E-state index in [0.29, 0.717) is 6.04 Å². The summed E-state index contributed by atoms with van der Waals surface area (Å²) in [6.07, 6.45) is 5.30. The van der Waals surface area contributed by atoms with Gasteiger partial charge in [-0.1, -0.05) is 55.5 Å². The Hall–Kier alpha value is -0.820. The fourth-order valence-corrected chi connectivity index (χ4v) is 2.27. The van der Waals surface area contributed by atoms with Crippen molar-refractivity contribution >= 4 is 0 Å². The number of unbranched alkanes of at least 4 members (excludes halogenated alkanes) is 2. The van der Waals surface area contributed by atoms with E-state index < -0.39 is 0 Å². The zero-order valence-electron chi connectivity index (χ0n) is 11.8. The molecule has 0 saturated heterocycles. The Morgan fingerprint density at radius 1 is 1.06 bits per heavy atom. The van der Waals surface area contributed by atoms with Crippen molar-refractivity contribution < 1.29 is 0 Å². The molecule has 17 heavy (non-hydrogen) atoms. The standard InChI is InChI=1S/C16H27N/c1-5-6-7-8-15(4)17-12-16-10-13(2)9-14(3)11-16/h9-11,15,17H,5-8,12H2,1-4H3. The van der Waals surface area contributed by atoms with Gasteiger partial charge in [0.2, 0.25) is 0 Å². The molecule has 0 fully saturated rings. The van der Waals surface area contributed by atoms with E-state index in [9.17, 15) is 0 Å². The third-order valence-corrected chi connectivity index (χ3v) is 3.18. The summed E-state index contributed by atoms with van der Waals surface area (Å²) in [4.78, 5) is 0. The Balaban J connectivity index is 2.34. The Bertz CT molecular complexity index is 310. The zero-order valence-corrected chi connectivity index (χ0v) is 11.8. The van der Waals surface area contributed by atoms with Crippen LogP contribution >= 0.6 is 0 Å². The van der Waals surface area contributed by atoms with Crippen LogP contribution in [0.25, 0.3) is 0 Å². The second kappa shape index (κ2) is 7.50. The maximum absolute atomic E-state index is 3.61. The van der Waals surface area contributed by atoms with Crippen LogP contribution in [0.2, 0.25) is 0 Å². The first-order valence-corrected chi connectivity index (χ1v) is 6.92. The van der Waals surface area contributed by atoms with Crippen molar-refractivity contribution in [3.05, 3.63) is 34.9 Å². The van der Waals surface area contributed by atoms with Gasteiger partial charge >= 0.3 is 0 Å². The number of rotatable bonds is 7. The monoisotopic (exact) mass is 233 g/mol. The van der Waals surface area contributed by atoms with E-state index in [-0.39, 0.29) is 0 Å². The highest BCUT2D eigenvalue weighted by Crippen LogP contribution is 2.09. The predicted molar refractivity (Wildman–Crippen MR) is 76.4 cm³/mol. The van der Waals surface area contributed by atoms with Gasteiger partial charge in [0.1, 0.15) is 0 Å². The van der Waals surface area contributed by atoms with Gasteiger partial charge in [0.15, 0.2) is 0 Å². The minimum atomic E-state index is 0.627. The minimum Gasteiger partial charge on any atom is -0.310 e. The van der Waals surface area contributed by atoms with Gasteiger partial charge in [-0.25, -0.2) is 0 Å². The Morgan fingerprint density at radius 3 is 2.29 bits per heavy atom. The topological polar surface area (TPSA) is 12.0 Å². The average Bonchev–Trinajstić information content (AvgIpc) is 2.25. The summed E-state index contributed by atoms with van der Waals surface area (Å²) >= 11 is 0. The van der Waals surface area contributed by atoms with Crippen molar-refractivity contribution in [2.75, 3.05) is 0 Å². The van der Waals surface area contributed by atoms with Gasteiger partial charge < -0.3 is 5.32 Å². The molecular formula is C16H27N. The fraction of sp³-hybridized carbons (Fsp3) is 0.625. The smallest absolute Gasteiger partial charge is 0.0208 e. The maximum atomic E-state index is 3.61. The summed E-state index contributed by atoms with van der Waals surface area (Å²) in [5.74, 6) is 0. The van der Waals surface area contributed by atoms with Crippen molar-refractivity contribution in [1.29, 1.82) is 0 Å². The van der Waals surface area contributed by atoms with Crippen LogP contribution in [0.3, 0.4) is 0 Å². The van der Waals surface area contributed by atoms with Gasteiger partial charge in [-0.2, -0.15) is 0 Å². The van der Waals surface area contributed by atoms with Crippen LogP contribution in [-0.4, -0.2) is 6.04 Å². The van der Waals surface area contributed by atoms with Crippen molar-refractivity contribution in [3.63, 3.8) is 0 Å². The first kappa shape index (κ1) is 14.2. The van der Waals surface area contributed by atoms with Crippen LogP contribution in [0.5, 0.6) is 0 Å². The molecule has 1 N–H and O–H groups in total. The second-order valence-electron chi connectivity index (χ2n) is 5.27. The van der Waals surface area contributed by atoms with Gasteiger partial charge in [-0.15, -0.1) is 0 Å². The van der Waals surface area contributed by atoms with Gasteiger partial charge in [0.05, 0.1) is 0 Å². The molecule has 1 unspecified atom stereocenters. The van der Waals surface area contributed by atoms with E-state index in [1.54, 1.807) is 0 Å². The van der Waals surface area contributed by atoms with Crippen molar-refractivity contribution in [3.8, 4) is 0 Å². The summed E-state index contributed by atoms with van der Waals surface area (Å²) in [6.45, 7) is 9.88. The van der Waals surface area contributed by atoms with Gasteiger partial charge in [0.25, 0.3) is 0 Å². The Morgan fingerprint density at radius 2 is 1.71 bits per heavy atom. The highest BCUT2D eigenvalue weighted by molar-refractivity contribution is 5.28. The molecule has 0 amide bonds. The number of hydrogen-bond donors (Lipinski definition) is 1. The van der Waals surface area contributed by atoms with Crippen LogP contribution in [0, 0.1) is 13.8 Å². The third kappa shape index (κ3) is 5.88. The molecule has 0 saturated carbocycles. The molecule has 0 heterocycles. The lowest BCUT2D eigenvalue weighted by atomic mass is 10.1. The zero-order chi connectivity index (χ0) is 12.7. The molecule has 96 valence electrons. The number of hydrogen-bond acceptors (Lipinski definition) is 1. The lowest BCUT2D eigenvalue weighted by Crippen LogP contribution is -2.25. The SMILES string of the molecule is CCCCCC(C)NCc1cc(C)cc(C)c1. The quantitative estimate of drug-likeness (QED) is 0.690. The van der Waals surface area contributed by atoms with Crippen LogP contribution in [0.1, 0.15) is 56.2 Å². The van der Waals surface area contributed by atoms with E-state index >= 15 is 0 Å². The van der Waals surface area contributed by atoms with Crippen molar-refractivity contribution in [1.82, 2.24) is 5.32 Å². The molecule has 0 aliphatic carbocycles. The molecule has 0 spiro atoms. The Kier molecular flexibility index (Phi) is 6.28. The molecular weight excluding hydrogens is 206 g/mol. The molecule has 0 radical (unpaired) electrons. The van der Waals surface area contributed by atoms with E-state index in [2.05, 4.69) is 51.2 Å². The summed E-state index contributed by atoms with van der Waals surface area (Å²) in [5, 5.41) is 3.61. The molecule has 1 aromatic rings. The number of aryl methyl sites for hydroxylation is 2. The van der Waals surface area contributed by atoms with Crippen LogP contribution in [-0.2, 0) is 6.54 Å². The number of benzene rings is 1. The molecule has 1 nitrogen and oxygen atoms in total. The number of nitrogens with one attached hydrogen (secondary N) is 1. The fourth-order valence-electron chi connectivity index (χ4n) is 2.27. The van der Waals surface area contributed by atoms with E-state index in [0.717, 1.165) is 6.54 Å². The van der Waals surface area contributed by atoms with Gasteiger partial charge in [0, 0.05) is 12.6 Å². The second-order valence-corrected chi connectivity index (χ2v) is 5.27. The molecule has 1 heteroatoms. The summed E-state index contributed by atoms with van der Waals surface area (Å²) < 4.78 is 0. The van der Waals surface area contributed by atoms with Crippen LogP contribution in [0.4, 0.5) is 0 Å². The Labute approximate surface area is 107 Å². The lowest BCUT2D eigenvalue weighted by Gasteiger charge is -2.14. The largest absolute Gasteiger partial charge is 0.310 e. The molecule has 0 aromatic heterocycles. The van der Waals surface area contributed by atoms with Crippen molar-refractivity contribution in [2.24, 2.45) is 0 Å². The molecule has 1 rings (SSSR count). The van der Waals surface area contributed by atoms with Gasteiger partial charge in [-0.3, -0.25) is 0 Å². The summed E-state index contributed by atoms with van der Waals surface area (Å²) in [6, 6.07) is 7.41. The summed E-state index contributed by atoms with van der Waals surface area (Å²) in [5.41, 5.74) is 4.13. The molecule has 1 aromatic carbocycles. The van der Waals surface area contributed by atoms with E-state index in [1.165, 1.54) is 42.4 Å². The normalized spacial score (nSPS) is 12.7. The molecule has 0 aliphatic heterocycles. The van der Waals surface area contributed by atoms with E-state index in [4.69, 9.17) is 0 Å². The minimum absolute atomic E-state index is 0.627. The first-order valence-electron chi connectivity index (χ1n) is 6.92. The summed E-state index contributed by atoms with van der Waals surface area (Å²) in [7, 11) is 0. The average molecular weight is 233 g/mol. The van der Waals surface area contributed by atoms with Crippen molar-refractivity contribution in [2.45, 2.75) is 66.0 Å². The first-order chi connectivity index (χ1) is 8.11. The maximum Gasteiger partial charge on any atom is 0.0208 e. The van der Waals surface area contributed by atoms with E-state index in [1.807, 2.05) is 0 Å². The highest BCUT2D eigenvalue weighted by atomic mass is 14.9. The highest BCUT2D eigenvalue weighted by Gasteiger charge is 2.02. The molecule has 0 aliphatic rings. The molecule has 1 atom stereocenters. The third-order valence-electron chi connectivity index (χ3n) is 3.18. The van der Waals surface area contributed by atoms with Crippen LogP contribution < -0.4 is 5.32 Å². The van der Waals surface area contributed by atoms with Gasteiger partial charge in [-0.05, 0) is 32.8 Å². The lowest BCUT2D eigenvalue weighted by molar-refractivity contribution is 0.487. The van der Waals surface area contributed by atoms with Crippen LogP contribution in [0.15, 0.2) is 18.2 Å². The molecule has 0 bridgehead atoms. The predicted octanol–water partition coefficient (Wildman–Crippen LogP) is 4.36.